The summed E-state index contributed by atoms with van der Waals surface area (Å²) in [6, 6.07) is 0. The van der Waals surface area contributed by atoms with E-state index in [2.05, 4.69) is 19.6 Å². The van der Waals surface area contributed by atoms with Gasteiger partial charge in [0.05, 0.1) is 12.7 Å². The number of carboxylic acids is 1. The third-order valence-electron chi connectivity index (χ3n) is 1.92. The molecule has 0 fully saturated rings. The molecule has 0 aliphatic carbocycles. The maximum absolute atomic E-state index is 10.0. The molecular weight excluding hydrogens is 228 g/mol. The Hall–Kier alpha value is -0.260. The van der Waals surface area contributed by atoms with Crippen LogP contribution in [0.3, 0.4) is 0 Å². The van der Waals surface area contributed by atoms with Crippen LogP contribution in [-0.4, -0.2) is 39.8 Å². The minimum atomic E-state index is -0.670. The summed E-state index contributed by atoms with van der Waals surface area (Å²) < 4.78 is 0. The van der Waals surface area contributed by atoms with Crippen molar-refractivity contribution in [3.63, 3.8) is 0 Å². The molecule has 16 heavy (non-hydrogen) atoms. The van der Waals surface area contributed by atoms with Gasteiger partial charge in [0.15, 0.2) is 0 Å². The van der Waals surface area contributed by atoms with Crippen LogP contribution >= 0.6 is 12.6 Å². The van der Waals surface area contributed by atoms with Gasteiger partial charge in [0.2, 0.25) is 0 Å². The van der Waals surface area contributed by atoms with E-state index < -0.39 is 12.1 Å². The number of unbranched alkanes of at least 4 members (excludes halogenated alkanes) is 4. The molecule has 0 aliphatic heterocycles. The molecule has 1 unspecified atom stereocenters. The fourth-order valence-corrected chi connectivity index (χ4v) is 1.05. The van der Waals surface area contributed by atoms with Gasteiger partial charge in [0.25, 0.3) is 0 Å². The van der Waals surface area contributed by atoms with Crippen molar-refractivity contribution in [2.75, 3.05) is 12.4 Å². The highest BCUT2D eigenvalue weighted by Gasteiger charge is 1.94. The molecule has 3 N–H and O–H groups in total. The molecule has 0 aromatic heterocycles. The summed E-state index contributed by atoms with van der Waals surface area (Å²) in [7, 11) is 0. The van der Waals surface area contributed by atoms with Crippen molar-refractivity contribution in [3.05, 3.63) is 0 Å². The second-order valence-electron chi connectivity index (χ2n) is 3.58. The quantitative estimate of drug-likeness (QED) is 0.392. The number of hydrogen-bond donors (Lipinski definition) is 4. The normalized spacial score (nSPS) is 11.5. The van der Waals surface area contributed by atoms with E-state index in [1.807, 2.05) is 0 Å². The fraction of sp³-hybridized carbons (Fsp3) is 0.909. The van der Waals surface area contributed by atoms with Crippen molar-refractivity contribution in [2.45, 2.75) is 51.6 Å². The molecule has 4 nitrogen and oxygen atoms in total. The number of aliphatic carboxylic acids is 1. The van der Waals surface area contributed by atoms with E-state index in [1.165, 1.54) is 19.3 Å². The molecule has 0 spiro atoms. The summed E-state index contributed by atoms with van der Waals surface area (Å²) in [5.74, 6) is -0.340. The van der Waals surface area contributed by atoms with E-state index in [0.29, 0.717) is 12.2 Å². The molecule has 98 valence electrons. The molecule has 0 rings (SSSR count). The lowest BCUT2D eigenvalue weighted by atomic mass is 10.1. The number of aliphatic hydroxyl groups excluding tert-OH is 2. The van der Waals surface area contributed by atoms with Crippen molar-refractivity contribution < 1.29 is 20.1 Å². The van der Waals surface area contributed by atoms with E-state index in [1.54, 1.807) is 0 Å². The number of carbonyl (C=O) groups is 1. The first kappa shape index (κ1) is 18.1. The van der Waals surface area contributed by atoms with Crippen molar-refractivity contribution in [2.24, 2.45) is 0 Å². The molecule has 0 aromatic carbocycles. The minimum absolute atomic E-state index is 0.191. The van der Waals surface area contributed by atoms with Crippen molar-refractivity contribution in [3.8, 4) is 0 Å². The number of carboxylic acid groups (broad SMARTS) is 1. The highest BCUT2D eigenvalue weighted by molar-refractivity contribution is 7.80. The van der Waals surface area contributed by atoms with Gasteiger partial charge >= 0.3 is 5.97 Å². The average Bonchev–Trinajstić information content (AvgIpc) is 2.28. The minimum Gasteiger partial charge on any atom is -0.481 e. The van der Waals surface area contributed by atoms with Crippen LogP contribution in [0.15, 0.2) is 0 Å². The summed E-state index contributed by atoms with van der Waals surface area (Å²) in [4.78, 5) is 10.0. The molecule has 0 radical (unpaired) electrons. The lowest BCUT2D eigenvalue weighted by Gasteiger charge is -1.96. The summed E-state index contributed by atoms with van der Waals surface area (Å²) in [5, 5.41) is 24.6. The van der Waals surface area contributed by atoms with E-state index in [4.69, 9.17) is 15.3 Å². The van der Waals surface area contributed by atoms with E-state index >= 15 is 0 Å². The first-order valence-electron chi connectivity index (χ1n) is 5.70. The highest BCUT2D eigenvalue weighted by Crippen LogP contribution is 2.04. The molecule has 0 amide bonds. The first-order valence-corrected chi connectivity index (χ1v) is 6.33. The molecule has 0 aliphatic rings. The van der Waals surface area contributed by atoms with Gasteiger partial charge in [-0.15, -0.1) is 0 Å². The molecule has 5 heteroatoms. The topological polar surface area (TPSA) is 77.8 Å². The van der Waals surface area contributed by atoms with Gasteiger partial charge in [-0.25, -0.2) is 0 Å². The zero-order valence-corrected chi connectivity index (χ0v) is 10.8. The molecule has 1 atom stereocenters. The van der Waals surface area contributed by atoms with Gasteiger partial charge in [0, 0.05) is 12.2 Å². The summed E-state index contributed by atoms with van der Waals surface area (Å²) in [6.07, 6.45) is 5.24. The van der Waals surface area contributed by atoms with Crippen LogP contribution in [0.1, 0.15) is 45.4 Å². The Morgan fingerprint density at radius 3 is 2.12 bits per heavy atom. The molecule has 0 saturated carbocycles. The van der Waals surface area contributed by atoms with E-state index in [9.17, 15) is 4.79 Å². The monoisotopic (exact) mass is 252 g/mol. The number of aliphatic hydroxyl groups is 2. The largest absolute Gasteiger partial charge is 0.481 e. The maximum atomic E-state index is 10.0. The van der Waals surface area contributed by atoms with Crippen LogP contribution in [0.4, 0.5) is 0 Å². The molecule has 0 bridgehead atoms. The van der Waals surface area contributed by atoms with Gasteiger partial charge in [-0.05, 0) is 6.42 Å². The Morgan fingerprint density at radius 2 is 1.81 bits per heavy atom. The van der Waals surface area contributed by atoms with Crippen LogP contribution in [0.5, 0.6) is 0 Å². The smallest absolute Gasteiger partial charge is 0.303 e. The second kappa shape index (κ2) is 14.7. The van der Waals surface area contributed by atoms with Gasteiger partial charge in [-0.1, -0.05) is 32.6 Å². The van der Waals surface area contributed by atoms with Gasteiger partial charge < -0.3 is 15.3 Å². The summed E-state index contributed by atoms with van der Waals surface area (Å²) in [6.45, 7) is 1.96. The van der Waals surface area contributed by atoms with E-state index in [0.717, 1.165) is 12.8 Å². The van der Waals surface area contributed by atoms with Crippen molar-refractivity contribution >= 4 is 18.6 Å². The summed E-state index contributed by atoms with van der Waals surface area (Å²) >= 11 is 3.69. The van der Waals surface area contributed by atoms with Crippen molar-refractivity contribution in [1.29, 1.82) is 0 Å². The number of hydrogen-bond acceptors (Lipinski definition) is 4. The van der Waals surface area contributed by atoms with Crippen LogP contribution in [0.25, 0.3) is 0 Å². The van der Waals surface area contributed by atoms with Gasteiger partial charge in [-0.2, -0.15) is 12.6 Å². The number of thiol groups is 1. The zero-order valence-electron chi connectivity index (χ0n) is 9.93. The van der Waals surface area contributed by atoms with Gasteiger partial charge in [-0.3, -0.25) is 4.79 Å². The Balaban J connectivity index is 0. The Morgan fingerprint density at radius 1 is 1.25 bits per heavy atom. The van der Waals surface area contributed by atoms with Crippen LogP contribution in [0.2, 0.25) is 0 Å². The summed E-state index contributed by atoms with van der Waals surface area (Å²) in [5.41, 5.74) is 0. The molecule has 0 aromatic rings. The third-order valence-corrected chi connectivity index (χ3v) is 2.34. The lowest BCUT2D eigenvalue weighted by molar-refractivity contribution is -0.137. The standard InChI is InChI=1S/C8H16O2.C3H8O2S/c1-2-3-4-5-6-7-8(9)10;4-1-3(5)2-6/h2-7H2,1H3,(H,9,10);3-6H,1-2H2. The second-order valence-corrected chi connectivity index (χ2v) is 3.94. The zero-order chi connectivity index (χ0) is 12.8. The molecule has 0 heterocycles. The average molecular weight is 252 g/mol. The first-order chi connectivity index (χ1) is 7.58. The van der Waals surface area contributed by atoms with Crippen LogP contribution < -0.4 is 0 Å². The number of rotatable bonds is 8. The SMILES string of the molecule is CCCCCCCC(=O)O.OCC(O)CS. The van der Waals surface area contributed by atoms with Crippen molar-refractivity contribution in [1.82, 2.24) is 0 Å². The molecule has 0 saturated heterocycles. The maximum Gasteiger partial charge on any atom is 0.303 e. The Bertz CT molecular complexity index is 149. The fourth-order valence-electron chi connectivity index (χ4n) is 0.938. The van der Waals surface area contributed by atoms with Crippen LogP contribution in [0, 0.1) is 0 Å². The Labute approximate surface area is 103 Å². The predicted octanol–water partition coefficient (Wildman–Crippen LogP) is 1.70. The third kappa shape index (κ3) is 19.3. The van der Waals surface area contributed by atoms with Crippen LogP contribution in [-0.2, 0) is 4.79 Å². The Kier molecular flexibility index (Phi) is 16.7. The van der Waals surface area contributed by atoms with E-state index in [-0.39, 0.29) is 6.61 Å². The predicted molar refractivity (Wildman–Crippen MR) is 68.0 cm³/mol. The molecular formula is C11H24O4S. The van der Waals surface area contributed by atoms with Gasteiger partial charge in [0.1, 0.15) is 0 Å². The highest BCUT2D eigenvalue weighted by atomic mass is 32.1. The lowest BCUT2D eigenvalue weighted by Crippen LogP contribution is -2.12.